The predicted molar refractivity (Wildman–Crippen MR) is 146 cm³/mol. The van der Waals surface area contributed by atoms with E-state index in [4.69, 9.17) is 19.2 Å². The number of aromatic amines is 1. The van der Waals surface area contributed by atoms with Crippen molar-refractivity contribution in [1.82, 2.24) is 14.9 Å². The van der Waals surface area contributed by atoms with Crippen molar-refractivity contribution in [2.75, 3.05) is 40.0 Å². The molecule has 1 fully saturated rings. The summed E-state index contributed by atoms with van der Waals surface area (Å²) in [5.41, 5.74) is 5.09. The van der Waals surface area contributed by atoms with Crippen LogP contribution in [0.3, 0.4) is 0 Å². The molecule has 1 aliphatic heterocycles. The second kappa shape index (κ2) is 11.8. The van der Waals surface area contributed by atoms with E-state index in [0.717, 1.165) is 35.6 Å². The Morgan fingerprint density at radius 3 is 2.14 bits per heavy atom. The fraction of sp³-hybridized carbons (Fsp3) is 0.323. The fourth-order valence-electron chi connectivity index (χ4n) is 4.52. The van der Waals surface area contributed by atoms with Crippen LogP contribution in [0.15, 0.2) is 91.0 Å². The Balaban J connectivity index is 1.17. The molecule has 0 unspecified atom stereocenters. The van der Waals surface area contributed by atoms with Crippen LogP contribution < -0.4 is 0 Å². The number of hydrogen-bond acceptors (Lipinski definition) is 5. The highest BCUT2D eigenvalue weighted by molar-refractivity contribution is 5.78. The molecule has 6 heteroatoms. The molecule has 1 aromatic heterocycles. The van der Waals surface area contributed by atoms with Crippen LogP contribution in [-0.4, -0.2) is 54.9 Å². The quantitative estimate of drug-likeness (QED) is 0.275. The normalized spacial score (nSPS) is 19.8. The van der Waals surface area contributed by atoms with Crippen molar-refractivity contribution >= 4 is 0 Å². The Bertz CT molecular complexity index is 1180. The van der Waals surface area contributed by atoms with Crippen LogP contribution in [-0.2, 0) is 20.8 Å². The van der Waals surface area contributed by atoms with Gasteiger partial charge in [0.15, 0.2) is 5.82 Å². The standard InChI is InChI=1S/C31H35N3O3/c1-31(21-35-19-18-34(2)20-24-12-6-3-7-13-24)22-36-30(37-23-31)29-32-27(25-14-8-4-9-15-25)28(33-29)26-16-10-5-11-17-26/h3-17,30H,18-23H2,1-2H3,(H,32,33). The van der Waals surface area contributed by atoms with Gasteiger partial charge in [-0.1, -0.05) is 97.9 Å². The lowest BCUT2D eigenvalue weighted by atomic mass is 9.93. The van der Waals surface area contributed by atoms with E-state index < -0.39 is 6.29 Å². The van der Waals surface area contributed by atoms with Crippen LogP contribution in [0.2, 0.25) is 0 Å². The maximum Gasteiger partial charge on any atom is 0.217 e. The number of nitrogens with one attached hydrogen (secondary N) is 1. The van der Waals surface area contributed by atoms with Gasteiger partial charge in [-0.05, 0) is 12.6 Å². The van der Waals surface area contributed by atoms with Gasteiger partial charge in [0, 0.05) is 29.6 Å². The third-order valence-corrected chi connectivity index (χ3v) is 6.58. The van der Waals surface area contributed by atoms with Crippen molar-refractivity contribution in [1.29, 1.82) is 0 Å². The molecule has 6 nitrogen and oxygen atoms in total. The number of benzene rings is 3. The zero-order valence-electron chi connectivity index (χ0n) is 21.6. The van der Waals surface area contributed by atoms with Gasteiger partial charge in [0.1, 0.15) is 0 Å². The number of nitrogens with zero attached hydrogens (tertiary/aromatic N) is 2. The molecule has 0 atom stereocenters. The minimum Gasteiger partial charge on any atom is -0.379 e. The molecule has 192 valence electrons. The first kappa shape index (κ1) is 25.4. The summed E-state index contributed by atoms with van der Waals surface area (Å²) < 4.78 is 18.4. The molecule has 0 amide bonds. The summed E-state index contributed by atoms with van der Waals surface area (Å²) in [5, 5.41) is 0. The molecule has 0 saturated carbocycles. The number of imidazole rings is 1. The van der Waals surface area contributed by atoms with Crippen LogP contribution in [0, 0.1) is 5.41 Å². The van der Waals surface area contributed by atoms with Crippen LogP contribution in [0.1, 0.15) is 24.6 Å². The second-order valence-electron chi connectivity index (χ2n) is 10.1. The first-order chi connectivity index (χ1) is 18.1. The lowest BCUT2D eigenvalue weighted by Gasteiger charge is -2.36. The minimum absolute atomic E-state index is 0.203. The predicted octanol–water partition coefficient (Wildman–Crippen LogP) is 5.94. The van der Waals surface area contributed by atoms with E-state index in [-0.39, 0.29) is 5.41 Å². The zero-order valence-corrected chi connectivity index (χ0v) is 21.6. The van der Waals surface area contributed by atoms with Gasteiger partial charge in [0.05, 0.1) is 37.8 Å². The van der Waals surface area contributed by atoms with Crippen molar-refractivity contribution in [3.8, 4) is 22.5 Å². The lowest BCUT2D eigenvalue weighted by molar-refractivity contribution is -0.242. The highest BCUT2D eigenvalue weighted by Crippen LogP contribution is 2.35. The Kier molecular flexibility index (Phi) is 8.12. The topological polar surface area (TPSA) is 59.6 Å². The van der Waals surface area contributed by atoms with E-state index in [1.165, 1.54) is 5.56 Å². The summed E-state index contributed by atoms with van der Waals surface area (Å²) in [6.07, 6.45) is -0.537. The van der Waals surface area contributed by atoms with Gasteiger partial charge in [-0.15, -0.1) is 0 Å². The van der Waals surface area contributed by atoms with Gasteiger partial charge in [0.2, 0.25) is 6.29 Å². The Morgan fingerprint density at radius 2 is 1.49 bits per heavy atom. The summed E-state index contributed by atoms with van der Waals surface area (Å²) in [7, 11) is 2.12. The van der Waals surface area contributed by atoms with Gasteiger partial charge in [-0.25, -0.2) is 4.98 Å². The molecule has 0 bridgehead atoms. The maximum absolute atomic E-state index is 6.17. The summed E-state index contributed by atoms with van der Waals surface area (Å²) in [4.78, 5) is 10.7. The van der Waals surface area contributed by atoms with E-state index in [1.54, 1.807) is 0 Å². The third kappa shape index (κ3) is 6.53. The molecule has 0 radical (unpaired) electrons. The van der Waals surface area contributed by atoms with Crippen molar-refractivity contribution in [2.45, 2.75) is 19.8 Å². The van der Waals surface area contributed by atoms with Crippen LogP contribution in [0.25, 0.3) is 22.5 Å². The number of hydrogen-bond donors (Lipinski definition) is 1. The zero-order chi connectivity index (χ0) is 25.5. The first-order valence-corrected chi connectivity index (χ1v) is 12.8. The molecule has 1 saturated heterocycles. The van der Waals surface area contributed by atoms with Gasteiger partial charge in [0.25, 0.3) is 0 Å². The third-order valence-electron chi connectivity index (χ3n) is 6.58. The monoisotopic (exact) mass is 497 g/mol. The Labute approximate surface area is 219 Å². The molecule has 0 aliphatic carbocycles. The van der Waals surface area contributed by atoms with Gasteiger partial charge in [-0.3, -0.25) is 4.90 Å². The van der Waals surface area contributed by atoms with E-state index in [1.807, 2.05) is 42.5 Å². The molecule has 0 spiro atoms. The minimum atomic E-state index is -0.537. The molecular weight excluding hydrogens is 462 g/mol. The van der Waals surface area contributed by atoms with Gasteiger partial charge in [-0.2, -0.15) is 0 Å². The molecule has 3 aromatic carbocycles. The number of rotatable bonds is 10. The maximum atomic E-state index is 6.17. The molecule has 37 heavy (non-hydrogen) atoms. The smallest absolute Gasteiger partial charge is 0.217 e. The molecule has 5 rings (SSSR count). The van der Waals surface area contributed by atoms with Crippen LogP contribution in [0.4, 0.5) is 0 Å². The molecule has 2 heterocycles. The number of aromatic nitrogens is 2. The molecular formula is C31H35N3O3. The first-order valence-electron chi connectivity index (χ1n) is 12.8. The van der Waals surface area contributed by atoms with Gasteiger partial charge >= 0.3 is 0 Å². The lowest BCUT2D eigenvalue weighted by Crippen LogP contribution is -2.40. The highest BCUT2D eigenvalue weighted by Gasteiger charge is 2.35. The number of ether oxygens (including phenoxy) is 3. The van der Waals surface area contributed by atoms with E-state index in [9.17, 15) is 0 Å². The van der Waals surface area contributed by atoms with Crippen molar-refractivity contribution in [3.63, 3.8) is 0 Å². The molecule has 1 aliphatic rings. The van der Waals surface area contributed by atoms with Crippen molar-refractivity contribution in [3.05, 3.63) is 102 Å². The number of H-pyrrole nitrogens is 1. The highest BCUT2D eigenvalue weighted by atomic mass is 16.7. The Morgan fingerprint density at radius 1 is 0.892 bits per heavy atom. The summed E-state index contributed by atoms with van der Waals surface area (Å²) in [6, 6.07) is 30.9. The van der Waals surface area contributed by atoms with E-state index >= 15 is 0 Å². The number of likely N-dealkylation sites (N-methyl/N-ethyl adjacent to an activating group) is 1. The Hall–Kier alpha value is -3.29. The van der Waals surface area contributed by atoms with Crippen LogP contribution >= 0.6 is 0 Å². The average Bonchev–Trinajstić information content (AvgIpc) is 3.39. The summed E-state index contributed by atoms with van der Waals surface area (Å²) >= 11 is 0. The van der Waals surface area contributed by atoms with Crippen molar-refractivity contribution in [2.24, 2.45) is 5.41 Å². The van der Waals surface area contributed by atoms with Crippen LogP contribution in [0.5, 0.6) is 0 Å². The summed E-state index contributed by atoms with van der Waals surface area (Å²) in [6.45, 7) is 6.26. The molecule has 1 N–H and O–H groups in total. The van der Waals surface area contributed by atoms with Crippen molar-refractivity contribution < 1.29 is 14.2 Å². The summed E-state index contributed by atoms with van der Waals surface area (Å²) in [5.74, 6) is 0.684. The second-order valence-corrected chi connectivity index (χ2v) is 10.1. The fourth-order valence-corrected chi connectivity index (χ4v) is 4.52. The average molecular weight is 498 g/mol. The molecule has 4 aromatic rings. The van der Waals surface area contributed by atoms with E-state index in [0.29, 0.717) is 32.3 Å². The largest absolute Gasteiger partial charge is 0.379 e. The SMILES string of the molecule is CN(CCOCC1(C)COC(c2nc(-c3ccccc3)c(-c3ccccc3)[nH]2)OC1)Cc1ccccc1. The van der Waals surface area contributed by atoms with E-state index in [2.05, 4.69) is 72.4 Å². The van der Waals surface area contributed by atoms with Gasteiger partial charge < -0.3 is 19.2 Å².